The van der Waals surface area contributed by atoms with Gasteiger partial charge in [-0.2, -0.15) is 0 Å². The lowest BCUT2D eigenvalue weighted by Gasteiger charge is -2.22. The van der Waals surface area contributed by atoms with E-state index in [1.54, 1.807) is 39.0 Å². The molecule has 9 heteroatoms. The predicted octanol–water partition coefficient (Wildman–Crippen LogP) is 3.14. The van der Waals surface area contributed by atoms with E-state index in [1.165, 1.54) is 12.1 Å². The van der Waals surface area contributed by atoms with Crippen LogP contribution in [0.2, 0.25) is 0 Å². The molecule has 0 aliphatic carbocycles. The summed E-state index contributed by atoms with van der Waals surface area (Å²) in [6.07, 6.45) is 0. The van der Waals surface area contributed by atoms with Crippen molar-refractivity contribution in [2.24, 2.45) is 0 Å². The number of ether oxygens (including phenoxy) is 1. The molecule has 0 bridgehead atoms. The van der Waals surface area contributed by atoms with E-state index in [4.69, 9.17) is 4.74 Å². The summed E-state index contributed by atoms with van der Waals surface area (Å²) in [5.41, 5.74) is 1.62. The van der Waals surface area contributed by atoms with Gasteiger partial charge in [-0.25, -0.2) is 9.18 Å². The van der Waals surface area contributed by atoms with Gasteiger partial charge in [0, 0.05) is 22.6 Å². The van der Waals surface area contributed by atoms with Crippen LogP contribution in [-0.2, 0) is 43.2 Å². The largest absolute Gasteiger partial charge is 0.772 e. The Kier molecular flexibility index (Phi) is 6.37. The molecule has 2 aromatic carbocycles. The van der Waals surface area contributed by atoms with Gasteiger partial charge in [0.1, 0.15) is 11.4 Å². The van der Waals surface area contributed by atoms with Gasteiger partial charge in [-0.1, -0.05) is 52.5 Å². The minimum Gasteiger partial charge on any atom is -0.772 e. The maximum Gasteiger partial charge on any atom is 0.340 e. The molecule has 6 nitrogen and oxygen atoms in total. The second-order valence-corrected chi connectivity index (χ2v) is 9.29. The van der Waals surface area contributed by atoms with Gasteiger partial charge in [0.2, 0.25) is 0 Å². The second-order valence-electron chi connectivity index (χ2n) is 7.50. The minimum absolute atomic E-state index is 0.142. The average molecular weight is 451 g/mol. The Morgan fingerprint density at radius 2 is 1.70 bits per heavy atom. The third-order valence-corrected chi connectivity index (χ3v) is 6.01. The van der Waals surface area contributed by atoms with Gasteiger partial charge < -0.3 is 13.8 Å². The molecule has 0 fully saturated rings. The van der Waals surface area contributed by atoms with Crippen molar-refractivity contribution < 1.29 is 31.4 Å². The second kappa shape index (κ2) is 8.50. The van der Waals surface area contributed by atoms with Crippen molar-refractivity contribution in [2.45, 2.75) is 37.9 Å². The van der Waals surface area contributed by atoms with E-state index in [-0.39, 0.29) is 22.6 Å². The lowest BCUT2D eigenvalue weighted by molar-refractivity contribution is -0.141. The Labute approximate surface area is 178 Å². The molecular weight excluding hydrogens is 431 g/mol. The quantitative estimate of drug-likeness (QED) is 0.494. The fourth-order valence-electron chi connectivity index (χ4n) is 3.59. The Morgan fingerprint density at radius 1 is 1.03 bits per heavy atom. The van der Waals surface area contributed by atoms with Crippen LogP contribution in [0.3, 0.4) is 0 Å². The highest BCUT2D eigenvalue weighted by atomic mass is 32.2. The van der Waals surface area contributed by atoms with Gasteiger partial charge in [-0.3, -0.25) is 8.42 Å². The lowest BCUT2D eigenvalue weighted by atomic mass is 9.85. The van der Waals surface area contributed by atoms with E-state index in [1.807, 2.05) is 0 Å². The Bertz CT molecular complexity index is 1110. The van der Waals surface area contributed by atoms with Crippen molar-refractivity contribution in [3.05, 3.63) is 70.0 Å². The van der Waals surface area contributed by atoms with Crippen molar-refractivity contribution in [3.63, 3.8) is 0 Å². The van der Waals surface area contributed by atoms with Crippen molar-refractivity contribution in [3.8, 4) is 0 Å². The number of benzene rings is 2. The molecule has 2 aromatic rings. The summed E-state index contributed by atoms with van der Waals surface area (Å²) in [7, 11) is 0. The van der Waals surface area contributed by atoms with E-state index in [2.05, 4.69) is 0 Å². The van der Waals surface area contributed by atoms with Crippen molar-refractivity contribution >= 4 is 39.3 Å². The average Bonchev–Trinajstić information content (AvgIpc) is 2.84. The molecule has 160 valence electrons. The molecule has 0 radical (unpaired) electrons. The molecule has 1 aliphatic heterocycles. The van der Waals surface area contributed by atoms with Gasteiger partial charge in [0.15, 0.2) is 0 Å². The van der Waals surface area contributed by atoms with Crippen molar-refractivity contribution in [1.29, 1.82) is 0 Å². The number of hydrogen-bond acceptors (Lipinski definition) is 6. The van der Waals surface area contributed by atoms with Gasteiger partial charge in [-0.15, -0.1) is 0 Å². The first-order chi connectivity index (χ1) is 14.0. The summed E-state index contributed by atoms with van der Waals surface area (Å²) in [4.78, 5) is 12.7. The number of halogens is 1. The molecule has 1 aliphatic rings. The zero-order valence-electron chi connectivity index (χ0n) is 16.5. The number of aryl methyl sites for hydroxylation is 1. The first kappa shape index (κ1) is 22.5. The molecule has 0 saturated carbocycles. The van der Waals surface area contributed by atoms with E-state index < -0.39 is 39.5 Å². The molecule has 0 aromatic heterocycles. The van der Waals surface area contributed by atoms with Crippen LogP contribution in [0, 0.1) is 12.7 Å². The molecule has 3 rings (SSSR count). The van der Waals surface area contributed by atoms with Crippen molar-refractivity contribution in [2.75, 3.05) is 0 Å². The zero-order chi connectivity index (χ0) is 22.2. The molecule has 0 amide bonds. The number of hydrogen-bond donors (Lipinski definition) is 0. The molecular formula is C21H19FO6S2-2. The molecule has 2 atom stereocenters. The molecule has 30 heavy (non-hydrogen) atoms. The SMILES string of the molecule is Cc1cc(C2=C(c3ccc(CS(=O)[O-])cc3F)C(C)(C)OC2=O)ccc1CS(=O)[O-]. The topological polar surface area (TPSA) is 107 Å². The van der Waals surface area contributed by atoms with E-state index >= 15 is 0 Å². The van der Waals surface area contributed by atoms with Crippen LogP contribution in [0.25, 0.3) is 11.1 Å². The summed E-state index contributed by atoms with van der Waals surface area (Å²) in [6.45, 7) is 5.03. The van der Waals surface area contributed by atoms with E-state index in [0.29, 0.717) is 27.8 Å². The third kappa shape index (κ3) is 4.59. The van der Waals surface area contributed by atoms with E-state index in [9.17, 15) is 26.7 Å². The van der Waals surface area contributed by atoms with Crippen LogP contribution in [0.5, 0.6) is 0 Å². The zero-order valence-corrected chi connectivity index (χ0v) is 18.2. The molecule has 0 saturated heterocycles. The first-order valence-corrected chi connectivity index (χ1v) is 11.5. The smallest absolute Gasteiger partial charge is 0.340 e. The number of rotatable bonds is 6. The summed E-state index contributed by atoms with van der Waals surface area (Å²) in [6, 6.07) is 8.97. The van der Waals surface area contributed by atoms with E-state index in [0.717, 1.165) is 6.07 Å². The Balaban J connectivity index is 2.16. The Morgan fingerprint density at radius 3 is 2.27 bits per heavy atom. The van der Waals surface area contributed by atoms with Crippen LogP contribution >= 0.6 is 0 Å². The third-order valence-electron chi connectivity index (χ3n) is 4.90. The standard InChI is InChI=1S/C21H21FO6S2/c1-12-8-14(5-6-15(12)11-30(26)27)18-19(21(2,3)28-20(18)23)16-7-4-13(9-17(16)22)10-29(24)25/h4-9H,10-11H2,1-3H3,(H,24,25)(H,26,27)/p-2. The van der Waals surface area contributed by atoms with Crippen LogP contribution in [0.15, 0.2) is 36.4 Å². The molecule has 0 spiro atoms. The van der Waals surface area contributed by atoms with Gasteiger partial charge >= 0.3 is 5.97 Å². The summed E-state index contributed by atoms with van der Waals surface area (Å²) >= 11 is -4.60. The fourth-order valence-corrected chi connectivity index (χ4v) is 4.62. The van der Waals surface area contributed by atoms with Crippen LogP contribution < -0.4 is 0 Å². The molecule has 0 N–H and O–H groups in total. The molecule has 1 heterocycles. The maximum absolute atomic E-state index is 14.9. The number of cyclic esters (lactones) is 1. The van der Waals surface area contributed by atoms with Crippen LogP contribution in [-0.4, -0.2) is 29.1 Å². The Hall–Kier alpha value is -2.20. The van der Waals surface area contributed by atoms with Gasteiger partial charge in [0.25, 0.3) is 0 Å². The highest BCUT2D eigenvalue weighted by molar-refractivity contribution is 7.78. The highest BCUT2D eigenvalue weighted by Crippen LogP contribution is 2.44. The monoisotopic (exact) mass is 450 g/mol. The predicted molar refractivity (Wildman–Crippen MR) is 110 cm³/mol. The highest BCUT2D eigenvalue weighted by Gasteiger charge is 2.42. The number of carbonyl (C=O) groups is 1. The maximum atomic E-state index is 14.9. The first-order valence-electron chi connectivity index (χ1n) is 8.98. The number of carbonyl (C=O) groups excluding carboxylic acids is 1. The van der Waals surface area contributed by atoms with Gasteiger partial charge in [-0.05, 0) is 49.1 Å². The molecule has 2 unspecified atom stereocenters. The minimum atomic E-state index is -2.35. The summed E-state index contributed by atoms with van der Waals surface area (Å²) in [5, 5.41) is 0. The summed E-state index contributed by atoms with van der Waals surface area (Å²) in [5.74, 6) is -1.74. The van der Waals surface area contributed by atoms with Crippen molar-refractivity contribution in [1.82, 2.24) is 0 Å². The van der Waals surface area contributed by atoms with Gasteiger partial charge in [0.05, 0.1) is 5.57 Å². The normalized spacial score (nSPS) is 17.7. The van der Waals surface area contributed by atoms with Crippen LogP contribution in [0.4, 0.5) is 4.39 Å². The van der Waals surface area contributed by atoms with Crippen LogP contribution in [0.1, 0.15) is 41.7 Å². The summed E-state index contributed by atoms with van der Waals surface area (Å²) < 4.78 is 64.2. The fraction of sp³-hybridized carbons (Fsp3) is 0.286. The number of esters is 1. The lowest BCUT2D eigenvalue weighted by Crippen LogP contribution is -2.22.